The van der Waals surface area contributed by atoms with Gasteiger partial charge in [-0.3, -0.25) is 0 Å². The van der Waals surface area contributed by atoms with Crippen LogP contribution in [0.2, 0.25) is 0 Å². The molecule has 0 amide bonds. The van der Waals surface area contributed by atoms with Crippen LogP contribution >= 0.6 is 0 Å². The van der Waals surface area contributed by atoms with E-state index in [-0.39, 0.29) is 18.8 Å². The Morgan fingerprint density at radius 2 is 1.53 bits per heavy atom. The molecule has 0 radical (unpaired) electrons. The van der Waals surface area contributed by atoms with Crippen molar-refractivity contribution in [2.45, 2.75) is 13.1 Å². The number of phenolic OH excluding ortho intramolecular Hbond substituents is 1. The Balaban J connectivity index is 2.98. The number of carbonyl (C=O) groups excluding carboxylic acids is 2. The second-order valence-electron chi connectivity index (χ2n) is 2.74. The number of para-hydroxylation sites is 1. The van der Waals surface area contributed by atoms with Gasteiger partial charge < -0.3 is 5.11 Å². The van der Waals surface area contributed by atoms with E-state index >= 15 is 0 Å². The lowest BCUT2D eigenvalue weighted by Crippen LogP contribution is -1.88. The van der Waals surface area contributed by atoms with E-state index in [1.807, 2.05) is 0 Å². The molecule has 76 valence electrons. The van der Waals surface area contributed by atoms with Crippen molar-refractivity contribution in [2.24, 2.45) is 9.98 Å². The van der Waals surface area contributed by atoms with E-state index < -0.39 is 0 Å². The second kappa shape index (κ2) is 5.50. The standard InChI is InChI=1S/C10H8N2O3/c13-6-11-4-8-2-1-3-9(10(8)15)5-12-7-14/h1-3,15H,4-5H2. The normalized spacial score (nSPS) is 8.80. The SMILES string of the molecule is O=C=NCc1cccc(CN=C=O)c1O. The van der Waals surface area contributed by atoms with Gasteiger partial charge in [0.1, 0.15) is 5.75 Å². The lowest BCUT2D eigenvalue weighted by atomic mass is 10.1. The molecule has 0 heterocycles. The predicted molar refractivity (Wildman–Crippen MR) is 51.8 cm³/mol. The van der Waals surface area contributed by atoms with Crippen LogP contribution in [0.3, 0.4) is 0 Å². The Morgan fingerprint density at radius 1 is 1.07 bits per heavy atom. The highest BCUT2D eigenvalue weighted by Crippen LogP contribution is 2.23. The number of rotatable bonds is 4. The molecule has 5 heteroatoms. The summed E-state index contributed by atoms with van der Waals surface area (Å²) in [6, 6.07) is 4.94. The first-order valence-corrected chi connectivity index (χ1v) is 4.16. The molecule has 1 rings (SSSR count). The Kier molecular flexibility index (Phi) is 3.98. The largest absolute Gasteiger partial charge is 0.507 e. The van der Waals surface area contributed by atoms with Gasteiger partial charge in [0.2, 0.25) is 12.2 Å². The summed E-state index contributed by atoms with van der Waals surface area (Å²) in [7, 11) is 0. The highest BCUT2D eigenvalue weighted by atomic mass is 16.3. The number of hydrogen-bond acceptors (Lipinski definition) is 5. The van der Waals surface area contributed by atoms with Crippen molar-refractivity contribution < 1.29 is 14.7 Å². The molecule has 1 aromatic carbocycles. The molecule has 0 atom stereocenters. The van der Waals surface area contributed by atoms with Crippen molar-refractivity contribution in [3.63, 3.8) is 0 Å². The smallest absolute Gasteiger partial charge is 0.235 e. The maximum absolute atomic E-state index is 9.90. The molecular formula is C10H8N2O3. The van der Waals surface area contributed by atoms with Crippen LogP contribution < -0.4 is 0 Å². The van der Waals surface area contributed by atoms with Gasteiger partial charge in [-0.15, -0.1) is 0 Å². The predicted octanol–water partition coefficient (Wildman–Crippen LogP) is 1.06. The second-order valence-corrected chi connectivity index (χ2v) is 2.74. The summed E-state index contributed by atoms with van der Waals surface area (Å²) in [5.41, 5.74) is 0.994. The fourth-order valence-corrected chi connectivity index (χ4v) is 1.13. The minimum Gasteiger partial charge on any atom is -0.507 e. The average Bonchev–Trinajstić information content (AvgIpc) is 2.26. The number of isocyanates is 2. The van der Waals surface area contributed by atoms with Crippen molar-refractivity contribution in [1.82, 2.24) is 0 Å². The molecule has 0 saturated heterocycles. The summed E-state index contributed by atoms with van der Waals surface area (Å²) < 4.78 is 0. The first-order valence-electron chi connectivity index (χ1n) is 4.16. The summed E-state index contributed by atoms with van der Waals surface area (Å²) in [5, 5.41) is 9.66. The summed E-state index contributed by atoms with van der Waals surface area (Å²) >= 11 is 0. The van der Waals surface area contributed by atoms with Gasteiger partial charge >= 0.3 is 0 Å². The quantitative estimate of drug-likeness (QED) is 0.588. The van der Waals surface area contributed by atoms with E-state index in [0.717, 1.165) is 0 Å². The third-order valence-corrected chi connectivity index (χ3v) is 1.83. The van der Waals surface area contributed by atoms with E-state index in [1.165, 1.54) is 12.2 Å². The van der Waals surface area contributed by atoms with E-state index in [2.05, 4.69) is 9.98 Å². The fraction of sp³-hybridized carbons (Fsp3) is 0.200. The van der Waals surface area contributed by atoms with Crippen molar-refractivity contribution >= 4 is 12.2 Å². The van der Waals surface area contributed by atoms with Gasteiger partial charge in [-0.1, -0.05) is 18.2 Å². The topological polar surface area (TPSA) is 79.1 Å². The monoisotopic (exact) mass is 204 g/mol. The molecule has 1 N–H and O–H groups in total. The van der Waals surface area contributed by atoms with Crippen LogP contribution in [0.15, 0.2) is 28.2 Å². The first-order chi connectivity index (χ1) is 7.29. The fourth-order valence-electron chi connectivity index (χ4n) is 1.13. The number of aliphatic imine (C=N–C) groups is 2. The minimum atomic E-state index is -0.00417. The Morgan fingerprint density at radius 3 is 1.93 bits per heavy atom. The van der Waals surface area contributed by atoms with Gasteiger partial charge in [0, 0.05) is 11.1 Å². The molecule has 0 bridgehead atoms. The van der Waals surface area contributed by atoms with Gasteiger partial charge in [-0.05, 0) is 0 Å². The van der Waals surface area contributed by atoms with Crippen LogP contribution in [0.1, 0.15) is 11.1 Å². The van der Waals surface area contributed by atoms with Crippen LogP contribution in [0.25, 0.3) is 0 Å². The molecule has 0 aliphatic heterocycles. The summed E-state index contributed by atoms with van der Waals surface area (Å²) in [4.78, 5) is 26.5. The van der Waals surface area contributed by atoms with Crippen LogP contribution in [0.5, 0.6) is 5.75 Å². The molecule has 0 aliphatic carbocycles. The van der Waals surface area contributed by atoms with Crippen molar-refractivity contribution in [3.05, 3.63) is 29.3 Å². The highest BCUT2D eigenvalue weighted by Gasteiger charge is 2.05. The lowest BCUT2D eigenvalue weighted by molar-refractivity contribution is 0.461. The summed E-state index contributed by atoms with van der Waals surface area (Å²) in [6.07, 6.45) is 2.77. The molecule has 5 nitrogen and oxygen atoms in total. The number of aromatic hydroxyl groups is 1. The molecule has 0 saturated carbocycles. The summed E-state index contributed by atoms with van der Waals surface area (Å²) in [6.45, 7) is 0.127. The maximum Gasteiger partial charge on any atom is 0.235 e. The van der Waals surface area contributed by atoms with E-state index in [0.29, 0.717) is 11.1 Å². The molecule has 15 heavy (non-hydrogen) atoms. The van der Waals surface area contributed by atoms with Gasteiger partial charge in [-0.25, -0.2) is 19.6 Å². The van der Waals surface area contributed by atoms with Gasteiger partial charge in [0.25, 0.3) is 0 Å². The molecule has 0 aromatic heterocycles. The van der Waals surface area contributed by atoms with Crippen LogP contribution in [-0.4, -0.2) is 17.3 Å². The summed E-state index contributed by atoms with van der Waals surface area (Å²) in [5.74, 6) is -0.00417. The Bertz CT molecular complexity index is 406. The zero-order chi connectivity index (χ0) is 11.1. The van der Waals surface area contributed by atoms with E-state index in [4.69, 9.17) is 0 Å². The zero-order valence-electron chi connectivity index (χ0n) is 7.80. The molecular weight excluding hydrogens is 196 g/mol. The molecule has 1 aromatic rings. The van der Waals surface area contributed by atoms with E-state index in [1.54, 1.807) is 18.2 Å². The maximum atomic E-state index is 9.90. The van der Waals surface area contributed by atoms with Crippen LogP contribution in [0.4, 0.5) is 0 Å². The van der Waals surface area contributed by atoms with Crippen molar-refractivity contribution in [3.8, 4) is 5.75 Å². The van der Waals surface area contributed by atoms with Gasteiger partial charge in [0.15, 0.2) is 0 Å². The number of benzene rings is 1. The third kappa shape index (κ3) is 2.88. The van der Waals surface area contributed by atoms with Crippen molar-refractivity contribution in [1.29, 1.82) is 0 Å². The molecule has 0 aliphatic rings. The Hall–Kier alpha value is -2.22. The van der Waals surface area contributed by atoms with Gasteiger partial charge in [-0.2, -0.15) is 0 Å². The minimum absolute atomic E-state index is 0.00417. The number of phenols is 1. The number of nitrogens with zero attached hydrogens (tertiary/aromatic N) is 2. The van der Waals surface area contributed by atoms with Crippen molar-refractivity contribution in [2.75, 3.05) is 0 Å². The van der Waals surface area contributed by atoms with Crippen LogP contribution in [0, 0.1) is 0 Å². The first kappa shape index (κ1) is 10.9. The average molecular weight is 204 g/mol. The number of hydrogen-bond donors (Lipinski definition) is 1. The third-order valence-electron chi connectivity index (χ3n) is 1.83. The molecule has 0 fully saturated rings. The Labute approximate surface area is 85.8 Å². The highest BCUT2D eigenvalue weighted by molar-refractivity contribution is 5.43. The van der Waals surface area contributed by atoms with E-state index in [9.17, 15) is 14.7 Å². The molecule has 0 spiro atoms. The lowest BCUT2D eigenvalue weighted by Gasteiger charge is -2.04. The molecule has 0 unspecified atom stereocenters. The van der Waals surface area contributed by atoms with Gasteiger partial charge in [0.05, 0.1) is 13.1 Å². The zero-order valence-corrected chi connectivity index (χ0v) is 7.80. The van der Waals surface area contributed by atoms with Crippen LogP contribution in [-0.2, 0) is 22.7 Å².